The maximum absolute atomic E-state index is 13.4. The summed E-state index contributed by atoms with van der Waals surface area (Å²) >= 11 is 0. The van der Waals surface area contributed by atoms with Gasteiger partial charge in [0.15, 0.2) is 11.6 Å². The van der Waals surface area contributed by atoms with E-state index in [9.17, 15) is 52.9 Å². The van der Waals surface area contributed by atoms with Crippen molar-refractivity contribution >= 4 is 114 Å². The van der Waals surface area contributed by atoms with Crippen LogP contribution in [0.15, 0.2) is 252 Å². The van der Waals surface area contributed by atoms with Crippen molar-refractivity contribution < 1.29 is 57.5 Å². The van der Waals surface area contributed by atoms with Crippen LogP contribution in [-0.2, 0) is 46.5 Å². The minimum Gasteiger partial charge on any atom is -0.507 e. The lowest BCUT2D eigenvalue weighted by molar-refractivity contribution is 0.0980. The van der Waals surface area contributed by atoms with Gasteiger partial charge < -0.3 is 21.5 Å². The molecule has 3 aliphatic carbocycles. The highest BCUT2D eigenvalue weighted by Crippen LogP contribution is 2.44. The Morgan fingerprint density at radius 3 is 1.70 bits per heavy atom. The number of nitrogen functional groups attached to an aromatic ring is 1. The number of nitrogens with two attached hydrogens (primary N) is 1. The lowest BCUT2D eigenvalue weighted by atomic mass is 9.82. The molecule has 1 fully saturated rings. The molecule has 0 unspecified atom stereocenters. The number of hydrogen-bond acceptors (Lipinski definition) is 18. The summed E-state index contributed by atoms with van der Waals surface area (Å²) in [4.78, 5) is 26.5. The van der Waals surface area contributed by atoms with E-state index in [0.717, 1.165) is 83.8 Å². The molecule has 21 nitrogen and oxygen atoms in total. The number of nitrogens with zero attached hydrogens (tertiary/aromatic N) is 5. The molecule has 520 valence electrons. The van der Waals surface area contributed by atoms with Gasteiger partial charge in [-0.15, -0.1) is 20.5 Å². The number of ketones is 2. The lowest BCUT2D eigenvalue weighted by Crippen LogP contribution is -2.38. The second-order valence-corrected chi connectivity index (χ2v) is 31.4. The van der Waals surface area contributed by atoms with Gasteiger partial charge in [0.2, 0.25) is 19.9 Å². The molecule has 0 aromatic heterocycles. The normalized spacial score (nSPS) is 14.0. The Labute approximate surface area is 587 Å². The van der Waals surface area contributed by atoms with Crippen molar-refractivity contribution in [1.29, 1.82) is 0 Å². The molecular weight excluding hydrogens is 1360 g/mol. The van der Waals surface area contributed by atoms with Gasteiger partial charge in [0.1, 0.15) is 27.7 Å². The van der Waals surface area contributed by atoms with Crippen LogP contribution < -0.4 is 16.4 Å². The highest BCUT2D eigenvalue weighted by molar-refractivity contribution is 7.91. The molecule has 0 atom stereocenters. The molecule has 13 rings (SSSR count). The summed E-state index contributed by atoms with van der Waals surface area (Å²) in [6, 6.07) is 61.6. The van der Waals surface area contributed by atoms with Crippen molar-refractivity contribution in [2.24, 2.45) is 20.5 Å². The van der Waals surface area contributed by atoms with Crippen molar-refractivity contribution in [3.8, 4) is 5.75 Å². The zero-order chi connectivity index (χ0) is 72.6. The van der Waals surface area contributed by atoms with Gasteiger partial charge in [-0.3, -0.25) is 18.7 Å². The summed E-state index contributed by atoms with van der Waals surface area (Å²) in [5.74, 6) is -0.734. The topological polar surface area (TPSA) is 334 Å². The zero-order valence-corrected chi connectivity index (χ0v) is 59.2. The molecule has 0 spiro atoms. The number of allylic oxidation sites excluding steroid dienone is 1. The van der Waals surface area contributed by atoms with E-state index in [1.807, 2.05) is 75.4 Å². The molecule has 7 N–H and O–H groups in total. The van der Waals surface area contributed by atoms with Crippen LogP contribution >= 0.6 is 0 Å². The van der Waals surface area contributed by atoms with Crippen LogP contribution in [0.3, 0.4) is 0 Å². The Kier molecular flexibility index (Phi) is 22.5. The number of carbonyl (C=O) groups excluding carboxylic acids is 2. The molecule has 0 bridgehead atoms. The van der Waals surface area contributed by atoms with Crippen LogP contribution in [0.2, 0.25) is 0 Å². The molecule has 101 heavy (non-hydrogen) atoms. The van der Waals surface area contributed by atoms with Crippen molar-refractivity contribution in [1.82, 2.24) is 4.31 Å². The molecule has 0 radical (unpaired) electrons. The third kappa shape index (κ3) is 17.3. The number of carbonyl (C=O) groups is 2. The number of benzene rings is 10. The largest absolute Gasteiger partial charge is 0.507 e. The van der Waals surface area contributed by atoms with Crippen LogP contribution in [0, 0.1) is 13.8 Å². The fourth-order valence-corrected chi connectivity index (χ4v) is 15.5. The molecule has 0 amide bonds. The highest BCUT2D eigenvalue weighted by atomic mass is 32.2. The quantitative estimate of drug-likeness (QED) is 0.0315. The number of anilines is 4. The summed E-state index contributed by atoms with van der Waals surface area (Å²) in [6.07, 6.45) is 6.14. The minimum atomic E-state index is -4.55. The van der Waals surface area contributed by atoms with Gasteiger partial charge in [0.25, 0.3) is 20.2 Å². The van der Waals surface area contributed by atoms with E-state index in [1.54, 1.807) is 98.0 Å². The monoisotopic (exact) mass is 1430 g/mol. The van der Waals surface area contributed by atoms with Gasteiger partial charge in [-0.1, -0.05) is 158 Å². The highest BCUT2D eigenvalue weighted by Gasteiger charge is 2.35. The molecule has 10 aromatic carbocycles. The Hall–Kier alpha value is -10.4. The fourth-order valence-electron chi connectivity index (χ4n) is 12.0. The van der Waals surface area contributed by atoms with E-state index in [-0.39, 0.29) is 66.2 Å². The van der Waals surface area contributed by atoms with Crippen molar-refractivity contribution in [2.45, 2.75) is 97.9 Å². The number of nitrogens with one attached hydrogen (secondary N) is 2. The second kappa shape index (κ2) is 31.0. The van der Waals surface area contributed by atoms with E-state index in [2.05, 4.69) is 68.3 Å². The average molecular weight is 1440 g/mol. The molecule has 0 aliphatic heterocycles. The van der Waals surface area contributed by atoms with Crippen molar-refractivity contribution in [2.75, 3.05) is 29.7 Å². The Morgan fingerprint density at radius 1 is 0.554 bits per heavy atom. The molecule has 3 aliphatic rings. The number of aryl methyl sites for hydroxylation is 2. The van der Waals surface area contributed by atoms with E-state index in [4.69, 9.17) is 10.3 Å². The standard InChI is InChI=1S/C28H22N2O2S.C24H22N2O2.C23H26N4O6S2.CH4O3S/c1-20-16-17-22-19-25(21-10-4-2-5-11-21)28(24(22)18-20)30-29-26-14-8-9-15-27(26)33(31,32)23-12-6-3-7-13-23;1-14(2)25-19-12-13-20(26-16-10-8-15(3)9-11-16)22-21(19)23(27)17-6-4-5-7-18(17)24(22)28;1-27(16-7-3-2-4-8-16)34(29,30)21-10-6-5-9-19(21)25-26-23-18(24)12-11-15-13-17(35(31,32)33)14-20(28)22(15)23;1-5(2,3)4/h2-18H,19H2,1H3;4-14,25-26H,1-3H3;5-6,9-14,16,28H,2-4,7-8,24H2,1H3,(H,31,32,33);1H3,(H,2,3,4). The summed E-state index contributed by atoms with van der Waals surface area (Å²) in [7, 11) is -14.2. The number of rotatable bonds is 15. The zero-order valence-electron chi connectivity index (χ0n) is 56.0. The number of phenols is 1. The maximum atomic E-state index is 13.4. The van der Waals surface area contributed by atoms with Gasteiger partial charge in [0, 0.05) is 59.7 Å². The fraction of sp³-hybridized carbons (Fsp3) is 0.184. The summed E-state index contributed by atoms with van der Waals surface area (Å²) in [6.45, 7) is 8.09. The van der Waals surface area contributed by atoms with Crippen LogP contribution in [-0.4, -0.2) is 89.1 Å². The number of sulfone groups is 1. The first-order valence-electron chi connectivity index (χ1n) is 32.1. The van der Waals surface area contributed by atoms with Crippen LogP contribution in [0.1, 0.15) is 106 Å². The predicted octanol–water partition coefficient (Wildman–Crippen LogP) is 16.6. The first-order chi connectivity index (χ1) is 48.0. The molecule has 10 aromatic rings. The van der Waals surface area contributed by atoms with Crippen molar-refractivity contribution in [3.63, 3.8) is 0 Å². The third-order valence-electron chi connectivity index (χ3n) is 16.9. The number of phenolic OH excluding ortho intramolecular Hbond substituents is 1. The first kappa shape index (κ1) is 73.3. The van der Waals surface area contributed by atoms with Crippen LogP contribution in [0.5, 0.6) is 5.75 Å². The molecule has 0 saturated heterocycles. The maximum Gasteiger partial charge on any atom is 0.294 e. The summed E-state index contributed by atoms with van der Waals surface area (Å²) in [5.41, 5.74) is 18.1. The number of aromatic hydroxyl groups is 1. The van der Waals surface area contributed by atoms with Crippen LogP contribution in [0.25, 0.3) is 22.0 Å². The van der Waals surface area contributed by atoms with Gasteiger partial charge in [-0.2, -0.15) is 21.1 Å². The smallest absolute Gasteiger partial charge is 0.294 e. The number of hydrogen-bond donors (Lipinski definition) is 6. The van der Waals surface area contributed by atoms with Gasteiger partial charge in [-0.05, 0) is 141 Å². The Bertz CT molecular complexity index is 5370. The lowest BCUT2D eigenvalue weighted by Gasteiger charge is -2.30. The minimum absolute atomic E-state index is 0.00601. The van der Waals surface area contributed by atoms with Crippen LogP contribution in [0.4, 0.5) is 39.8 Å². The summed E-state index contributed by atoms with van der Waals surface area (Å²) < 4.78 is 113. The Balaban J connectivity index is 0.000000159. The summed E-state index contributed by atoms with van der Waals surface area (Å²) in [5, 5.41) is 34.9. The first-order valence-corrected chi connectivity index (χ1v) is 38.3. The predicted molar refractivity (Wildman–Crippen MR) is 394 cm³/mol. The number of azo groups is 2. The van der Waals surface area contributed by atoms with Gasteiger partial charge >= 0.3 is 0 Å². The van der Waals surface area contributed by atoms with E-state index < -0.39 is 50.7 Å². The molecule has 0 heterocycles. The second-order valence-electron chi connectivity index (χ2n) is 24.7. The number of sulfonamides is 1. The van der Waals surface area contributed by atoms with E-state index >= 15 is 0 Å². The molecule has 1 saturated carbocycles. The Morgan fingerprint density at radius 2 is 1.09 bits per heavy atom. The van der Waals surface area contributed by atoms with Gasteiger partial charge in [0.05, 0.1) is 54.5 Å². The SMILES string of the molecule is CN(C1CCCCC1)S(=O)(=O)c1ccccc1N=Nc1c(N)ccc2cc(S(=O)(=O)O)cc(O)c12.CS(=O)(=O)O.Cc1ccc(Nc2ccc(NC(C)C)c3c2C(=O)c2ccccc2C3=O)cc1.Cc1ccc2c(c1)C(N=Nc1ccccc1S(=O)(=O)c1ccccc1)=C(c1ccccc1)C2. The van der Waals surface area contributed by atoms with E-state index in [0.29, 0.717) is 45.6 Å². The third-order valence-corrected chi connectivity index (χ3v) is 21.5. The van der Waals surface area contributed by atoms with Gasteiger partial charge in [-0.25, -0.2) is 16.8 Å². The van der Waals surface area contributed by atoms with E-state index in [1.165, 1.54) is 40.2 Å². The van der Waals surface area contributed by atoms with Crippen molar-refractivity contribution in [3.05, 3.63) is 262 Å². The molecular formula is C76H74N8O13S4. The number of fused-ring (bicyclic) bond motifs is 4. The molecule has 25 heteroatoms. The average Bonchev–Trinajstić information content (AvgIpc) is 1.41.